The van der Waals surface area contributed by atoms with Gasteiger partial charge in [0.2, 0.25) is 0 Å². The molecule has 2 heterocycles. The second-order valence-electron chi connectivity index (χ2n) is 6.95. The standard InChI is InChI=1S/C23H26N4O6.C2H6/c1-6-26-21-20(22(29)27(7-2)23(26)30)25(4)18(24-21)12-10-15-9-11-16(17(13-15)31-5)33-14-19(28)32-8-3;1-2/h9,11,13H,6-8,14H2,1-5H3;1-2H3. The van der Waals surface area contributed by atoms with Gasteiger partial charge in [0, 0.05) is 25.7 Å². The van der Waals surface area contributed by atoms with Crippen LogP contribution in [0.4, 0.5) is 0 Å². The molecule has 0 aliphatic heterocycles. The van der Waals surface area contributed by atoms with E-state index in [1.165, 1.54) is 16.2 Å². The number of imidazole rings is 1. The van der Waals surface area contributed by atoms with Crippen molar-refractivity contribution >= 4 is 17.1 Å². The van der Waals surface area contributed by atoms with Gasteiger partial charge in [0.1, 0.15) is 0 Å². The molecule has 0 spiro atoms. The molecule has 0 fully saturated rings. The highest BCUT2D eigenvalue weighted by atomic mass is 16.6. The Morgan fingerprint density at radius 2 is 1.71 bits per heavy atom. The van der Waals surface area contributed by atoms with Crippen molar-refractivity contribution in [1.29, 1.82) is 0 Å². The molecule has 0 saturated carbocycles. The first-order chi connectivity index (χ1) is 16.9. The average molecular weight is 485 g/mol. The van der Waals surface area contributed by atoms with Crippen molar-refractivity contribution in [3.8, 4) is 23.3 Å². The largest absolute Gasteiger partial charge is 0.493 e. The number of ether oxygens (including phenoxy) is 3. The smallest absolute Gasteiger partial charge is 0.344 e. The number of aryl methyl sites for hydroxylation is 2. The number of hydrogen-bond acceptors (Lipinski definition) is 7. The Labute approximate surface area is 204 Å². The number of esters is 1. The highest BCUT2D eigenvalue weighted by molar-refractivity contribution is 5.72. The van der Waals surface area contributed by atoms with Crippen LogP contribution < -0.4 is 20.7 Å². The molecule has 0 aliphatic rings. The first kappa shape index (κ1) is 27.2. The number of rotatable bonds is 7. The summed E-state index contributed by atoms with van der Waals surface area (Å²) < 4.78 is 19.9. The fourth-order valence-electron chi connectivity index (χ4n) is 3.37. The molecule has 0 N–H and O–H groups in total. The number of aromatic nitrogens is 4. The van der Waals surface area contributed by atoms with E-state index in [0.29, 0.717) is 40.6 Å². The van der Waals surface area contributed by atoms with E-state index in [4.69, 9.17) is 14.2 Å². The number of methoxy groups -OCH3 is 1. The number of fused-ring (bicyclic) bond motifs is 1. The summed E-state index contributed by atoms with van der Waals surface area (Å²) in [6.07, 6.45) is 0. The van der Waals surface area contributed by atoms with Gasteiger partial charge in [-0.25, -0.2) is 14.6 Å². The van der Waals surface area contributed by atoms with E-state index in [1.54, 1.807) is 43.7 Å². The molecule has 10 nitrogen and oxygen atoms in total. The maximum Gasteiger partial charge on any atom is 0.344 e. The summed E-state index contributed by atoms with van der Waals surface area (Å²) >= 11 is 0. The van der Waals surface area contributed by atoms with Gasteiger partial charge < -0.3 is 18.8 Å². The molecule has 35 heavy (non-hydrogen) atoms. The van der Waals surface area contributed by atoms with Crippen molar-refractivity contribution in [1.82, 2.24) is 18.7 Å². The van der Waals surface area contributed by atoms with Gasteiger partial charge in [-0.05, 0) is 44.9 Å². The van der Waals surface area contributed by atoms with Crippen LogP contribution in [0.3, 0.4) is 0 Å². The molecule has 3 rings (SSSR count). The number of carbonyl (C=O) groups is 1. The molecule has 0 radical (unpaired) electrons. The fourth-order valence-corrected chi connectivity index (χ4v) is 3.37. The molecule has 0 aliphatic carbocycles. The van der Waals surface area contributed by atoms with E-state index in [1.807, 2.05) is 20.8 Å². The fraction of sp³-hybridized carbons (Fsp3) is 0.440. The van der Waals surface area contributed by atoms with Gasteiger partial charge in [-0.2, -0.15) is 0 Å². The minimum Gasteiger partial charge on any atom is -0.493 e. The molecule has 0 bridgehead atoms. The minimum atomic E-state index is -0.474. The van der Waals surface area contributed by atoms with Gasteiger partial charge in [-0.1, -0.05) is 19.8 Å². The normalized spacial score (nSPS) is 10.1. The molecular weight excluding hydrogens is 452 g/mol. The minimum absolute atomic E-state index is 0.233. The van der Waals surface area contributed by atoms with Crippen LogP contribution in [-0.4, -0.2) is 45.0 Å². The quantitative estimate of drug-likeness (QED) is 0.374. The molecule has 1 aromatic carbocycles. The first-order valence-electron chi connectivity index (χ1n) is 11.5. The zero-order valence-corrected chi connectivity index (χ0v) is 21.3. The van der Waals surface area contributed by atoms with Crippen LogP contribution in [0.5, 0.6) is 11.5 Å². The van der Waals surface area contributed by atoms with Crippen LogP contribution in [-0.2, 0) is 29.7 Å². The van der Waals surface area contributed by atoms with Crippen molar-refractivity contribution in [3.63, 3.8) is 0 Å². The van der Waals surface area contributed by atoms with Crippen LogP contribution in [0.1, 0.15) is 46.0 Å². The molecule has 0 unspecified atom stereocenters. The Morgan fingerprint density at radius 3 is 2.31 bits per heavy atom. The molecule has 188 valence electrons. The second kappa shape index (κ2) is 12.5. The zero-order chi connectivity index (χ0) is 26.1. The van der Waals surface area contributed by atoms with Crippen LogP contribution in [0.25, 0.3) is 11.2 Å². The summed E-state index contributed by atoms with van der Waals surface area (Å²) in [7, 11) is 3.18. The summed E-state index contributed by atoms with van der Waals surface area (Å²) in [4.78, 5) is 41.4. The average Bonchev–Trinajstić information content (AvgIpc) is 3.19. The first-order valence-corrected chi connectivity index (χ1v) is 11.5. The predicted octanol–water partition coefficient (Wildman–Crippen LogP) is 2.31. The number of nitrogens with zero attached hydrogens (tertiary/aromatic N) is 4. The zero-order valence-electron chi connectivity index (χ0n) is 21.3. The van der Waals surface area contributed by atoms with Crippen LogP contribution in [0, 0.1) is 11.8 Å². The Kier molecular flexibility index (Phi) is 9.70. The van der Waals surface area contributed by atoms with Gasteiger partial charge in [0.05, 0.1) is 13.7 Å². The molecule has 0 saturated heterocycles. The van der Waals surface area contributed by atoms with Gasteiger partial charge in [0.25, 0.3) is 5.56 Å². The Bertz CT molecular complexity index is 1370. The predicted molar refractivity (Wildman–Crippen MR) is 133 cm³/mol. The van der Waals surface area contributed by atoms with Crippen LogP contribution in [0.2, 0.25) is 0 Å². The summed E-state index contributed by atoms with van der Waals surface area (Å²) in [6.45, 7) is 9.98. The monoisotopic (exact) mass is 484 g/mol. The SMILES string of the molecule is CC.CCOC(=O)COc1ccc(C#Cc2nc3c(c(=O)n(CC)c(=O)n3CC)n2C)cc1OC. The van der Waals surface area contributed by atoms with E-state index in [9.17, 15) is 14.4 Å². The van der Waals surface area contributed by atoms with Gasteiger partial charge in [-0.3, -0.25) is 13.9 Å². The molecule has 3 aromatic rings. The van der Waals surface area contributed by atoms with Crippen LogP contribution >= 0.6 is 0 Å². The summed E-state index contributed by atoms with van der Waals surface area (Å²) in [5, 5.41) is 0. The lowest BCUT2D eigenvalue weighted by molar-refractivity contribution is -0.145. The second-order valence-corrected chi connectivity index (χ2v) is 6.95. The van der Waals surface area contributed by atoms with E-state index in [0.717, 1.165) is 0 Å². The van der Waals surface area contributed by atoms with Gasteiger partial charge >= 0.3 is 11.7 Å². The van der Waals surface area contributed by atoms with Crippen molar-refractivity contribution in [2.24, 2.45) is 7.05 Å². The number of benzene rings is 1. The lowest BCUT2D eigenvalue weighted by Crippen LogP contribution is -2.39. The third kappa shape index (κ3) is 5.74. The van der Waals surface area contributed by atoms with Gasteiger partial charge in [0.15, 0.2) is 35.1 Å². The highest BCUT2D eigenvalue weighted by Crippen LogP contribution is 2.27. The topological polar surface area (TPSA) is 107 Å². The summed E-state index contributed by atoms with van der Waals surface area (Å²) in [5.74, 6) is 6.61. The Balaban J connectivity index is 0.00000210. The van der Waals surface area contributed by atoms with Gasteiger partial charge in [-0.15, -0.1) is 0 Å². The number of hydrogen-bond donors (Lipinski definition) is 0. The maximum atomic E-state index is 12.8. The van der Waals surface area contributed by atoms with Crippen LogP contribution in [0.15, 0.2) is 27.8 Å². The number of carbonyl (C=O) groups excluding carboxylic acids is 1. The van der Waals surface area contributed by atoms with E-state index in [2.05, 4.69) is 16.8 Å². The lowest BCUT2D eigenvalue weighted by Gasteiger charge is -2.10. The maximum absolute atomic E-state index is 12.8. The Morgan fingerprint density at radius 1 is 1.03 bits per heavy atom. The van der Waals surface area contributed by atoms with Crippen molar-refractivity contribution in [2.45, 2.75) is 47.7 Å². The molecule has 0 amide bonds. The van der Waals surface area contributed by atoms with Crippen molar-refractivity contribution < 1.29 is 19.0 Å². The third-order valence-corrected chi connectivity index (χ3v) is 5.01. The molecule has 2 aromatic heterocycles. The molecule has 10 heteroatoms. The highest BCUT2D eigenvalue weighted by Gasteiger charge is 2.18. The van der Waals surface area contributed by atoms with Crippen molar-refractivity contribution in [2.75, 3.05) is 20.3 Å². The Hall–Kier alpha value is -4.00. The van der Waals surface area contributed by atoms with E-state index >= 15 is 0 Å². The molecular formula is C25H32N4O6. The lowest BCUT2D eigenvalue weighted by atomic mass is 10.2. The molecule has 0 atom stereocenters. The summed E-state index contributed by atoms with van der Waals surface area (Å²) in [6, 6.07) is 5.03. The van der Waals surface area contributed by atoms with E-state index < -0.39 is 17.2 Å². The van der Waals surface area contributed by atoms with E-state index in [-0.39, 0.29) is 19.8 Å². The van der Waals surface area contributed by atoms with Crippen molar-refractivity contribution in [3.05, 3.63) is 50.4 Å². The third-order valence-electron chi connectivity index (χ3n) is 5.01. The summed E-state index contributed by atoms with van der Waals surface area (Å²) in [5.41, 5.74) is 0.460.